The lowest BCUT2D eigenvalue weighted by Crippen LogP contribution is -2.40. The first kappa shape index (κ1) is 13.1. The summed E-state index contributed by atoms with van der Waals surface area (Å²) in [5, 5.41) is 2.97. The fraction of sp³-hybridized carbons (Fsp3) is 0.500. The van der Waals surface area contributed by atoms with E-state index in [2.05, 4.69) is 12.2 Å². The molecule has 0 saturated carbocycles. The Labute approximate surface area is 108 Å². The van der Waals surface area contributed by atoms with Gasteiger partial charge in [0.15, 0.2) is 0 Å². The SMILES string of the molecule is CCCC(CN)NC(=O)c1ccc2c(c1)COC2. The van der Waals surface area contributed by atoms with Gasteiger partial charge < -0.3 is 15.8 Å². The monoisotopic (exact) mass is 248 g/mol. The molecular formula is C14H20N2O2. The molecule has 1 amide bonds. The molecule has 1 atom stereocenters. The normalized spacial score (nSPS) is 15.2. The molecule has 1 aromatic rings. The van der Waals surface area contributed by atoms with Gasteiger partial charge in [0.2, 0.25) is 0 Å². The van der Waals surface area contributed by atoms with Crippen LogP contribution < -0.4 is 11.1 Å². The van der Waals surface area contributed by atoms with E-state index in [-0.39, 0.29) is 11.9 Å². The number of ether oxygens (including phenoxy) is 1. The highest BCUT2D eigenvalue weighted by atomic mass is 16.5. The number of benzene rings is 1. The van der Waals surface area contributed by atoms with Crippen LogP contribution in [0.15, 0.2) is 18.2 Å². The van der Waals surface area contributed by atoms with Crippen molar-refractivity contribution in [1.29, 1.82) is 0 Å². The average Bonchev–Trinajstić information content (AvgIpc) is 2.85. The van der Waals surface area contributed by atoms with Crippen molar-refractivity contribution in [3.05, 3.63) is 34.9 Å². The molecule has 0 radical (unpaired) electrons. The van der Waals surface area contributed by atoms with Gasteiger partial charge in [0, 0.05) is 18.2 Å². The summed E-state index contributed by atoms with van der Waals surface area (Å²) in [6.07, 6.45) is 1.93. The lowest BCUT2D eigenvalue weighted by molar-refractivity contribution is 0.0936. The second-order valence-electron chi connectivity index (χ2n) is 4.67. The summed E-state index contributed by atoms with van der Waals surface area (Å²) in [4.78, 5) is 12.1. The number of rotatable bonds is 5. The maximum Gasteiger partial charge on any atom is 0.251 e. The van der Waals surface area contributed by atoms with Gasteiger partial charge in [-0.05, 0) is 29.7 Å². The van der Waals surface area contributed by atoms with Crippen LogP contribution in [0.4, 0.5) is 0 Å². The summed E-state index contributed by atoms with van der Waals surface area (Å²) < 4.78 is 5.34. The second kappa shape index (κ2) is 5.98. The molecule has 1 aromatic carbocycles. The van der Waals surface area contributed by atoms with Gasteiger partial charge in [0.25, 0.3) is 5.91 Å². The topological polar surface area (TPSA) is 64.3 Å². The number of nitrogens with one attached hydrogen (secondary N) is 1. The highest BCUT2D eigenvalue weighted by Gasteiger charge is 2.16. The number of hydrogen-bond acceptors (Lipinski definition) is 3. The number of carbonyl (C=O) groups is 1. The molecule has 1 aliphatic rings. The van der Waals surface area contributed by atoms with Crippen molar-refractivity contribution in [3.8, 4) is 0 Å². The fourth-order valence-corrected chi connectivity index (χ4v) is 2.18. The Morgan fingerprint density at radius 1 is 1.44 bits per heavy atom. The molecule has 4 heteroatoms. The lowest BCUT2D eigenvalue weighted by atomic mass is 10.1. The summed E-state index contributed by atoms with van der Waals surface area (Å²) in [6, 6.07) is 5.79. The maximum atomic E-state index is 12.1. The molecule has 2 rings (SSSR count). The molecule has 3 N–H and O–H groups in total. The van der Waals surface area contributed by atoms with Crippen LogP contribution in [0.25, 0.3) is 0 Å². The van der Waals surface area contributed by atoms with Gasteiger partial charge in [0.05, 0.1) is 13.2 Å². The van der Waals surface area contributed by atoms with Gasteiger partial charge >= 0.3 is 0 Å². The van der Waals surface area contributed by atoms with Crippen LogP contribution >= 0.6 is 0 Å². The largest absolute Gasteiger partial charge is 0.372 e. The van der Waals surface area contributed by atoms with E-state index in [0.717, 1.165) is 18.4 Å². The third kappa shape index (κ3) is 2.89. The lowest BCUT2D eigenvalue weighted by Gasteiger charge is -2.16. The number of hydrogen-bond donors (Lipinski definition) is 2. The van der Waals surface area contributed by atoms with Crippen molar-refractivity contribution in [3.63, 3.8) is 0 Å². The van der Waals surface area contributed by atoms with E-state index in [9.17, 15) is 4.79 Å². The highest BCUT2D eigenvalue weighted by Crippen LogP contribution is 2.20. The van der Waals surface area contributed by atoms with Crippen LogP contribution in [-0.4, -0.2) is 18.5 Å². The Morgan fingerprint density at radius 3 is 2.94 bits per heavy atom. The quantitative estimate of drug-likeness (QED) is 0.831. The Kier molecular flexibility index (Phi) is 4.33. The summed E-state index contributed by atoms with van der Waals surface area (Å²) >= 11 is 0. The molecule has 18 heavy (non-hydrogen) atoms. The minimum atomic E-state index is -0.0476. The van der Waals surface area contributed by atoms with E-state index < -0.39 is 0 Å². The Balaban J connectivity index is 2.04. The minimum absolute atomic E-state index is 0.0476. The van der Waals surface area contributed by atoms with Gasteiger partial charge in [-0.2, -0.15) is 0 Å². The summed E-state index contributed by atoms with van der Waals surface area (Å²) in [7, 11) is 0. The third-order valence-electron chi connectivity index (χ3n) is 3.24. The predicted molar refractivity (Wildman–Crippen MR) is 70.2 cm³/mol. The van der Waals surface area contributed by atoms with E-state index in [4.69, 9.17) is 10.5 Å². The first-order valence-electron chi connectivity index (χ1n) is 6.45. The number of carbonyl (C=O) groups excluding carboxylic acids is 1. The molecule has 4 nitrogen and oxygen atoms in total. The van der Waals surface area contributed by atoms with Crippen LogP contribution in [0, 0.1) is 0 Å². The standard InChI is InChI=1S/C14H20N2O2/c1-2-3-13(7-15)16-14(17)10-4-5-11-8-18-9-12(11)6-10/h4-6,13H,2-3,7-9,15H2,1H3,(H,16,17). The molecule has 0 saturated heterocycles. The highest BCUT2D eigenvalue weighted by molar-refractivity contribution is 5.94. The van der Waals surface area contributed by atoms with Gasteiger partial charge in [-0.15, -0.1) is 0 Å². The van der Waals surface area contributed by atoms with Crippen molar-refractivity contribution in [2.75, 3.05) is 6.54 Å². The van der Waals surface area contributed by atoms with Crippen molar-refractivity contribution in [2.45, 2.75) is 39.0 Å². The molecule has 1 unspecified atom stereocenters. The second-order valence-corrected chi connectivity index (χ2v) is 4.67. The van der Waals surface area contributed by atoms with E-state index in [0.29, 0.717) is 25.3 Å². The van der Waals surface area contributed by atoms with E-state index in [1.165, 1.54) is 5.56 Å². The number of fused-ring (bicyclic) bond motifs is 1. The first-order chi connectivity index (χ1) is 8.74. The minimum Gasteiger partial charge on any atom is -0.372 e. The number of nitrogens with two attached hydrogens (primary N) is 1. The smallest absolute Gasteiger partial charge is 0.251 e. The van der Waals surface area contributed by atoms with Crippen LogP contribution in [-0.2, 0) is 18.0 Å². The summed E-state index contributed by atoms with van der Waals surface area (Å²) in [6.45, 7) is 3.82. The zero-order valence-electron chi connectivity index (χ0n) is 10.7. The third-order valence-corrected chi connectivity index (χ3v) is 3.24. The van der Waals surface area contributed by atoms with Gasteiger partial charge in [0.1, 0.15) is 0 Å². The molecule has 98 valence electrons. The zero-order chi connectivity index (χ0) is 13.0. The number of amides is 1. The summed E-state index contributed by atoms with van der Waals surface area (Å²) in [5.74, 6) is -0.0476. The summed E-state index contributed by atoms with van der Waals surface area (Å²) in [5.41, 5.74) is 8.62. The molecule has 0 aromatic heterocycles. The Morgan fingerprint density at radius 2 is 2.22 bits per heavy atom. The Hall–Kier alpha value is -1.39. The van der Waals surface area contributed by atoms with Crippen LogP contribution in [0.1, 0.15) is 41.3 Å². The van der Waals surface area contributed by atoms with Crippen molar-refractivity contribution in [1.82, 2.24) is 5.32 Å². The van der Waals surface area contributed by atoms with Crippen molar-refractivity contribution >= 4 is 5.91 Å². The molecular weight excluding hydrogens is 228 g/mol. The van der Waals surface area contributed by atoms with Crippen LogP contribution in [0.3, 0.4) is 0 Å². The van der Waals surface area contributed by atoms with Crippen molar-refractivity contribution in [2.24, 2.45) is 5.73 Å². The van der Waals surface area contributed by atoms with Crippen LogP contribution in [0.2, 0.25) is 0 Å². The first-order valence-corrected chi connectivity index (χ1v) is 6.45. The molecule has 0 bridgehead atoms. The van der Waals surface area contributed by atoms with Gasteiger partial charge in [-0.3, -0.25) is 4.79 Å². The molecule has 1 heterocycles. The van der Waals surface area contributed by atoms with E-state index in [1.54, 1.807) is 0 Å². The molecule has 0 fully saturated rings. The van der Waals surface area contributed by atoms with Crippen LogP contribution in [0.5, 0.6) is 0 Å². The Bertz CT molecular complexity index is 432. The van der Waals surface area contributed by atoms with Gasteiger partial charge in [-0.25, -0.2) is 0 Å². The van der Waals surface area contributed by atoms with Gasteiger partial charge in [-0.1, -0.05) is 19.4 Å². The zero-order valence-corrected chi connectivity index (χ0v) is 10.7. The fourth-order valence-electron chi connectivity index (χ4n) is 2.18. The predicted octanol–water partition coefficient (Wildman–Crippen LogP) is 1.57. The molecule has 1 aliphatic heterocycles. The molecule has 0 spiro atoms. The van der Waals surface area contributed by atoms with Crippen molar-refractivity contribution < 1.29 is 9.53 Å². The maximum absolute atomic E-state index is 12.1. The van der Waals surface area contributed by atoms with E-state index in [1.807, 2.05) is 18.2 Å². The molecule has 0 aliphatic carbocycles. The average molecular weight is 248 g/mol. The van der Waals surface area contributed by atoms with E-state index >= 15 is 0 Å².